The zero-order valence-electron chi connectivity index (χ0n) is 8.19. The molecule has 1 heterocycles. The molecule has 0 saturated heterocycles. The lowest BCUT2D eigenvalue weighted by molar-refractivity contribution is -0.120. The minimum absolute atomic E-state index is 0.00831. The molecule has 0 spiro atoms. The number of hydrogen-bond donors (Lipinski definition) is 1. The highest BCUT2D eigenvalue weighted by Crippen LogP contribution is 1.92. The van der Waals surface area contributed by atoms with E-state index >= 15 is 0 Å². The van der Waals surface area contributed by atoms with E-state index in [2.05, 4.69) is 5.32 Å². The Kier molecular flexibility index (Phi) is 3.91. The zero-order chi connectivity index (χ0) is 10.4. The quantitative estimate of drug-likeness (QED) is 0.753. The predicted molar refractivity (Wildman–Crippen MR) is 54.0 cm³/mol. The molecule has 1 amide bonds. The number of rotatable bonds is 4. The smallest absolute Gasteiger partial charge is 0.250 e. The van der Waals surface area contributed by atoms with Crippen molar-refractivity contribution in [3.8, 4) is 0 Å². The van der Waals surface area contributed by atoms with Gasteiger partial charge in [0.25, 0.3) is 0 Å². The van der Waals surface area contributed by atoms with Crippen LogP contribution >= 0.6 is 0 Å². The van der Waals surface area contributed by atoms with Crippen molar-refractivity contribution in [2.75, 3.05) is 7.05 Å². The van der Waals surface area contributed by atoms with E-state index in [0.717, 1.165) is 0 Å². The number of hydrogen-bond acceptors (Lipinski definition) is 2. The van der Waals surface area contributed by atoms with Gasteiger partial charge in [-0.3, -0.25) is 9.59 Å². The summed E-state index contributed by atoms with van der Waals surface area (Å²) in [5, 5.41) is 2.54. The van der Waals surface area contributed by atoms with E-state index in [1.165, 1.54) is 6.07 Å². The van der Waals surface area contributed by atoms with Gasteiger partial charge in [0.2, 0.25) is 11.5 Å². The summed E-state index contributed by atoms with van der Waals surface area (Å²) in [6.07, 6.45) is 2.87. The van der Waals surface area contributed by atoms with Crippen molar-refractivity contribution in [2.45, 2.75) is 19.4 Å². The summed E-state index contributed by atoms with van der Waals surface area (Å²) >= 11 is 0. The molecule has 0 aliphatic rings. The van der Waals surface area contributed by atoms with Gasteiger partial charge in [0.05, 0.1) is 0 Å². The summed E-state index contributed by atoms with van der Waals surface area (Å²) in [6, 6.07) is 5.03. The van der Waals surface area contributed by atoms with Crippen LogP contribution in [0.25, 0.3) is 0 Å². The Morgan fingerprint density at radius 3 is 2.93 bits per heavy atom. The van der Waals surface area contributed by atoms with Gasteiger partial charge in [-0.15, -0.1) is 0 Å². The molecule has 4 heteroatoms. The van der Waals surface area contributed by atoms with E-state index < -0.39 is 0 Å². The number of nitrogens with zero attached hydrogens (tertiary/aromatic N) is 1. The molecule has 0 aliphatic heterocycles. The van der Waals surface area contributed by atoms with E-state index in [9.17, 15) is 9.59 Å². The minimum Gasteiger partial charge on any atom is -0.359 e. The summed E-state index contributed by atoms with van der Waals surface area (Å²) in [7, 11) is 1.61. The lowest BCUT2D eigenvalue weighted by Gasteiger charge is -2.03. The van der Waals surface area contributed by atoms with Crippen molar-refractivity contribution in [2.24, 2.45) is 0 Å². The van der Waals surface area contributed by atoms with Gasteiger partial charge in [0.15, 0.2) is 0 Å². The first-order chi connectivity index (χ1) is 6.74. The van der Waals surface area contributed by atoms with Gasteiger partial charge in [-0.05, 0) is 12.5 Å². The maximum absolute atomic E-state index is 11.2. The monoisotopic (exact) mass is 194 g/mol. The molecule has 1 rings (SSSR count). The average molecular weight is 194 g/mol. The van der Waals surface area contributed by atoms with Gasteiger partial charge < -0.3 is 9.88 Å². The molecule has 1 aromatic heterocycles. The van der Waals surface area contributed by atoms with E-state index in [1.54, 1.807) is 29.9 Å². The third kappa shape index (κ3) is 3.05. The second-order valence-electron chi connectivity index (χ2n) is 3.01. The Morgan fingerprint density at radius 1 is 1.50 bits per heavy atom. The van der Waals surface area contributed by atoms with Crippen molar-refractivity contribution in [1.29, 1.82) is 0 Å². The summed E-state index contributed by atoms with van der Waals surface area (Å²) < 4.78 is 1.60. The molecular formula is C10H14N2O2. The number of nitrogens with one attached hydrogen (secondary N) is 1. The van der Waals surface area contributed by atoms with E-state index in [0.29, 0.717) is 19.4 Å². The minimum atomic E-state index is -0.0237. The van der Waals surface area contributed by atoms with Crippen LogP contribution in [0, 0.1) is 0 Å². The topological polar surface area (TPSA) is 51.1 Å². The Bertz CT molecular complexity index is 357. The number of aromatic nitrogens is 1. The molecule has 0 bridgehead atoms. The van der Waals surface area contributed by atoms with Crippen LogP contribution in [0.1, 0.15) is 12.8 Å². The summed E-state index contributed by atoms with van der Waals surface area (Å²) in [5.41, 5.74) is -0.0237. The van der Waals surface area contributed by atoms with Crippen molar-refractivity contribution in [3.63, 3.8) is 0 Å². The largest absolute Gasteiger partial charge is 0.359 e. The number of aryl methyl sites for hydroxylation is 1. The number of carbonyl (C=O) groups excluding carboxylic acids is 1. The fraction of sp³-hybridized carbons (Fsp3) is 0.400. The van der Waals surface area contributed by atoms with Crippen molar-refractivity contribution < 1.29 is 4.79 Å². The van der Waals surface area contributed by atoms with Crippen molar-refractivity contribution in [3.05, 3.63) is 34.7 Å². The third-order valence-corrected chi connectivity index (χ3v) is 1.98. The Balaban J connectivity index is 2.43. The number of amides is 1. The third-order valence-electron chi connectivity index (χ3n) is 1.98. The van der Waals surface area contributed by atoms with Crippen molar-refractivity contribution >= 4 is 5.91 Å². The van der Waals surface area contributed by atoms with Crippen LogP contribution in [0.5, 0.6) is 0 Å². The lowest BCUT2D eigenvalue weighted by Crippen LogP contribution is -2.21. The van der Waals surface area contributed by atoms with Crippen LogP contribution in [0.4, 0.5) is 0 Å². The Hall–Kier alpha value is -1.58. The van der Waals surface area contributed by atoms with Crippen LogP contribution in [0.2, 0.25) is 0 Å². The van der Waals surface area contributed by atoms with Crippen LogP contribution in [-0.4, -0.2) is 17.5 Å². The molecule has 1 aromatic rings. The van der Waals surface area contributed by atoms with Gasteiger partial charge in [-0.25, -0.2) is 0 Å². The number of pyridine rings is 1. The fourth-order valence-corrected chi connectivity index (χ4v) is 1.18. The Morgan fingerprint density at radius 2 is 2.29 bits per heavy atom. The lowest BCUT2D eigenvalue weighted by atomic mass is 10.3. The normalized spacial score (nSPS) is 9.79. The van der Waals surface area contributed by atoms with Crippen molar-refractivity contribution in [1.82, 2.24) is 9.88 Å². The molecule has 0 atom stereocenters. The summed E-state index contributed by atoms with van der Waals surface area (Å²) in [6.45, 7) is 0.590. The molecule has 0 unspecified atom stereocenters. The number of carbonyl (C=O) groups is 1. The molecule has 0 aromatic carbocycles. The zero-order valence-corrected chi connectivity index (χ0v) is 8.19. The second kappa shape index (κ2) is 5.21. The van der Waals surface area contributed by atoms with Gasteiger partial charge in [0, 0.05) is 32.3 Å². The van der Waals surface area contributed by atoms with Crippen LogP contribution in [0.15, 0.2) is 29.2 Å². The fourth-order valence-electron chi connectivity index (χ4n) is 1.18. The molecule has 14 heavy (non-hydrogen) atoms. The second-order valence-corrected chi connectivity index (χ2v) is 3.01. The van der Waals surface area contributed by atoms with E-state index in [4.69, 9.17) is 0 Å². The standard InChI is InChI=1S/C10H14N2O2/c1-11-9(13)5-4-8-12-7-3-2-6-10(12)14/h2-3,6-7H,4-5,8H2,1H3,(H,11,13). The van der Waals surface area contributed by atoms with Gasteiger partial charge in [0.1, 0.15) is 0 Å². The first-order valence-corrected chi connectivity index (χ1v) is 4.60. The first-order valence-electron chi connectivity index (χ1n) is 4.60. The molecular weight excluding hydrogens is 180 g/mol. The van der Waals surface area contributed by atoms with Gasteiger partial charge in [-0.1, -0.05) is 6.07 Å². The highest BCUT2D eigenvalue weighted by Gasteiger charge is 1.98. The molecule has 0 fully saturated rings. The predicted octanol–water partition coefficient (Wildman–Crippen LogP) is 0.374. The maximum atomic E-state index is 11.2. The SMILES string of the molecule is CNC(=O)CCCn1ccccc1=O. The summed E-state index contributed by atoms with van der Waals surface area (Å²) in [5.74, 6) is 0.00831. The van der Waals surface area contributed by atoms with Crippen LogP contribution in [0.3, 0.4) is 0 Å². The molecule has 0 aliphatic carbocycles. The molecule has 76 valence electrons. The first kappa shape index (κ1) is 10.5. The van der Waals surface area contributed by atoms with E-state index in [1.807, 2.05) is 0 Å². The molecule has 1 N–H and O–H groups in total. The highest BCUT2D eigenvalue weighted by molar-refractivity contribution is 5.75. The van der Waals surface area contributed by atoms with Crippen LogP contribution in [-0.2, 0) is 11.3 Å². The maximum Gasteiger partial charge on any atom is 0.250 e. The van der Waals surface area contributed by atoms with Crippen LogP contribution < -0.4 is 10.9 Å². The molecule has 4 nitrogen and oxygen atoms in total. The molecule has 0 saturated carbocycles. The average Bonchev–Trinajstić information content (AvgIpc) is 2.20. The highest BCUT2D eigenvalue weighted by atomic mass is 16.1. The Labute approximate surface area is 82.6 Å². The molecule has 0 radical (unpaired) electrons. The summed E-state index contributed by atoms with van der Waals surface area (Å²) in [4.78, 5) is 22.1. The van der Waals surface area contributed by atoms with E-state index in [-0.39, 0.29) is 11.5 Å². The van der Waals surface area contributed by atoms with Gasteiger partial charge >= 0.3 is 0 Å². The van der Waals surface area contributed by atoms with Gasteiger partial charge in [-0.2, -0.15) is 0 Å².